The number of hydrogen-bond donors (Lipinski definition) is 0. The molecular weight excluding hydrogens is 1260 g/mol. The van der Waals surface area contributed by atoms with Crippen LogP contribution in [0.1, 0.15) is 132 Å². The van der Waals surface area contributed by atoms with Crippen molar-refractivity contribution >= 4 is 234 Å². The van der Waals surface area contributed by atoms with Gasteiger partial charge in [-0.3, -0.25) is 0 Å². The first-order valence-corrected chi connectivity index (χ1v) is 34.5. The van der Waals surface area contributed by atoms with Gasteiger partial charge in [0, 0.05) is 158 Å². The van der Waals surface area contributed by atoms with Gasteiger partial charge in [0.2, 0.25) is 0 Å². The number of rotatable bonds is 12. The van der Waals surface area contributed by atoms with Crippen LogP contribution in [0.15, 0.2) is 0 Å². The van der Waals surface area contributed by atoms with Crippen molar-refractivity contribution < 1.29 is 0 Å². The lowest BCUT2D eigenvalue weighted by Gasteiger charge is -2.40. The number of aryl methyl sites for hydroxylation is 7. The van der Waals surface area contributed by atoms with E-state index < -0.39 is 51.4 Å². The first-order valence-electron chi connectivity index (χ1n) is 34.5. The smallest absolute Gasteiger partial charge is 0.112 e. The minimum absolute atomic E-state index is 0.324. The van der Waals surface area contributed by atoms with Crippen molar-refractivity contribution in [2.24, 2.45) is 0 Å². The van der Waals surface area contributed by atoms with Crippen LogP contribution in [-0.2, 0) is 0 Å². The van der Waals surface area contributed by atoms with E-state index in [1.807, 2.05) is 13.8 Å². The van der Waals surface area contributed by atoms with E-state index in [1.165, 1.54) is 14.1 Å². The van der Waals surface area contributed by atoms with Gasteiger partial charge in [0.15, 0.2) is 0 Å². The Labute approximate surface area is 659 Å². The summed E-state index contributed by atoms with van der Waals surface area (Å²) < 4.78 is 0. The van der Waals surface area contributed by atoms with Gasteiger partial charge in [0.25, 0.3) is 0 Å². The molecular formula is C85H54B22. The molecule has 0 amide bonds. The third kappa shape index (κ3) is 14.8. The highest BCUT2D eigenvalue weighted by Crippen LogP contribution is 2.56. The second-order valence-electron chi connectivity index (χ2n) is 26.6. The SMILES string of the molecule is [B][B]B([B])B(B([B])[B])c1c(B(B([B])[B])B([B])[B])c(B([B][B])B([B])[B])c(C)c2c(-c3c4c(C)c(C)c(C)c(C)c4c(-c4c(C)c5c(C)c(C)c(C#CC)c(C#CC#C)c5c5c(C#CC#CC)c(C#CC#CC#C)c(C#CC#CC#CC)c(C#CC#CC#CC#C)c45)c4c(C)c(C)c(C)c(C)c34)c(C)c(C)c([B])c12. The molecule has 0 saturated carbocycles. The maximum absolute atomic E-state index is 7.83. The molecule has 0 saturated heterocycles. The largest absolute Gasteiger partial charge is 0.115 e. The maximum Gasteiger partial charge on any atom is 0.115 e. The van der Waals surface area contributed by atoms with Crippen LogP contribution in [0.2, 0.25) is 0 Å². The topological polar surface area (TPSA) is 0 Å². The Kier molecular flexibility index (Phi) is 27.1. The second-order valence-corrected chi connectivity index (χ2v) is 26.6. The third-order valence-electron chi connectivity index (χ3n) is 21.2. The highest BCUT2D eigenvalue weighted by atomic mass is 14.4. The van der Waals surface area contributed by atoms with Crippen molar-refractivity contribution in [1.82, 2.24) is 0 Å². The van der Waals surface area contributed by atoms with Crippen LogP contribution >= 0.6 is 0 Å². The monoisotopic (exact) mass is 1320 g/mol. The lowest BCUT2D eigenvalue weighted by molar-refractivity contribution is 1.24. The van der Waals surface area contributed by atoms with Gasteiger partial charge in [-0.15, -0.1) is 36.1 Å². The average molecular weight is 1310 g/mol. The van der Waals surface area contributed by atoms with Gasteiger partial charge in [-0.25, -0.2) is 0 Å². The van der Waals surface area contributed by atoms with Crippen LogP contribution in [0.3, 0.4) is 0 Å². The first kappa shape index (κ1) is 82.5. The van der Waals surface area contributed by atoms with Crippen LogP contribution in [0.4, 0.5) is 0 Å². The molecule has 26 radical (unpaired) electrons. The predicted octanol–water partition coefficient (Wildman–Crippen LogP) is 4.51. The van der Waals surface area contributed by atoms with E-state index in [0.717, 1.165) is 122 Å². The molecule has 460 valence electrons. The molecule has 8 aromatic rings. The van der Waals surface area contributed by atoms with Gasteiger partial charge in [-0.05, 0) is 351 Å². The Hall–Kier alpha value is -10.1. The zero-order valence-corrected chi connectivity index (χ0v) is 63.9. The average Bonchev–Trinajstić information content (AvgIpc) is 0.678. The number of terminal acetylenes is 3. The fourth-order valence-electron chi connectivity index (χ4n) is 15.5. The quantitative estimate of drug-likeness (QED) is 0.0733. The van der Waals surface area contributed by atoms with Crippen molar-refractivity contribution in [3.63, 3.8) is 0 Å². The summed E-state index contributed by atoms with van der Waals surface area (Å²) in [5, 5.41) is 7.48. The molecule has 0 aliphatic heterocycles. The fourth-order valence-corrected chi connectivity index (χ4v) is 15.5. The number of benzene rings is 8. The van der Waals surface area contributed by atoms with E-state index in [0.29, 0.717) is 87.7 Å². The Morgan fingerprint density at radius 1 is 0.262 bits per heavy atom. The van der Waals surface area contributed by atoms with Gasteiger partial charge in [0.05, 0.1) is 41.7 Å². The third-order valence-corrected chi connectivity index (χ3v) is 21.2. The summed E-state index contributed by atoms with van der Waals surface area (Å²) in [5.74, 6) is 80.9. The van der Waals surface area contributed by atoms with E-state index in [2.05, 4.69) is 243 Å². The number of hydrogen-bond acceptors (Lipinski definition) is 0. The summed E-state index contributed by atoms with van der Waals surface area (Å²) in [6.07, 6.45) is 11.8. The lowest BCUT2D eigenvalue weighted by atomic mass is 8.66. The molecule has 22 heteroatoms. The molecule has 0 heterocycles. The standard InChI is InChI=1S/C85H54B22/c1-21-27-32-35-37-41-47-66-63(45-40-36-33-28-22-2)64(44-39-34-29-23-3)67(46-38-30-24-4)78-76-65(43-31-25-5)62(42-26-6)52(11)57(16)68(76)60(19)74(77(66)78)80-71-55(14)50(9)48(7)53(12)69(71)79(70-54(13)49(8)51(10)56(15)72(70)80)73-58(17)59(18)82(86)81-75(73)61(20)83(100(98-87)103(89)90)85(101(104(91)92)105(93)94)84(81)102(106(95)96)107(97)99-88/h1,3,5H,2,4,6-20H3. The van der Waals surface area contributed by atoms with E-state index >= 15 is 0 Å². The van der Waals surface area contributed by atoms with Gasteiger partial charge >= 0.3 is 0 Å². The molecule has 0 bridgehead atoms. The normalized spacial score (nSPS) is 9.63. The molecule has 0 aliphatic rings. The lowest BCUT2D eigenvalue weighted by Crippen LogP contribution is -2.77. The van der Waals surface area contributed by atoms with Crippen molar-refractivity contribution in [1.29, 1.82) is 0 Å². The molecule has 107 heavy (non-hydrogen) atoms. The minimum Gasteiger partial charge on any atom is -0.112 e. The maximum atomic E-state index is 7.83. The van der Waals surface area contributed by atoms with Crippen molar-refractivity contribution in [3.8, 4) is 201 Å². The van der Waals surface area contributed by atoms with Crippen LogP contribution in [0, 0.1) is 276 Å². The van der Waals surface area contributed by atoms with Crippen LogP contribution in [0.25, 0.3) is 76.1 Å². The summed E-state index contributed by atoms with van der Waals surface area (Å²) in [7, 11) is 86.8. The van der Waals surface area contributed by atoms with Crippen LogP contribution in [0.5, 0.6) is 0 Å². The first-order chi connectivity index (χ1) is 50.9. The Morgan fingerprint density at radius 3 is 1.06 bits per heavy atom. The summed E-state index contributed by atoms with van der Waals surface area (Å²) in [5.41, 5.74) is 20.6. The Morgan fingerprint density at radius 2 is 0.626 bits per heavy atom. The van der Waals surface area contributed by atoms with Crippen LogP contribution in [-0.4, -0.2) is 158 Å². The zero-order valence-electron chi connectivity index (χ0n) is 63.9. The molecule has 0 N–H and O–H groups in total. The van der Waals surface area contributed by atoms with Crippen molar-refractivity contribution in [2.45, 2.75) is 118 Å². The Bertz CT molecular complexity index is 6170. The fraction of sp³-hybridized carbons (Fsp3) is 0.200. The summed E-state index contributed by atoms with van der Waals surface area (Å²) in [6, 6.07) is 0. The highest BCUT2D eigenvalue weighted by Gasteiger charge is 2.41. The minimum atomic E-state index is -1.21. The summed E-state index contributed by atoms with van der Waals surface area (Å²) in [4.78, 5) is 0. The highest BCUT2D eigenvalue weighted by molar-refractivity contribution is 7.89. The van der Waals surface area contributed by atoms with E-state index in [1.54, 1.807) is 20.8 Å². The molecule has 8 aromatic carbocycles. The zero-order chi connectivity index (χ0) is 79.1. The van der Waals surface area contributed by atoms with Gasteiger partial charge in [-0.2, -0.15) is 0 Å². The molecule has 8 rings (SSSR count). The molecule has 0 fully saturated rings. The van der Waals surface area contributed by atoms with E-state index in [-0.39, 0.29) is 0 Å². The molecule has 0 unspecified atom stereocenters. The predicted molar refractivity (Wildman–Crippen MR) is 488 cm³/mol. The molecule has 0 spiro atoms. The van der Waals surface area contributed by atoms with Gasteiger partial charge < -0.3 is 0 Å². The summed E-state index contributed by atoms with van der Waals surface area (Å²) in [6.45, 7) is 31.9. The van der Waals surface area contributed by atoms with Gasteiger partial charge in [-0.1, -0.05) is 69.4 Å². The van der Waals surface area contributed by atoms with Crippen molar-refractivity contribution in [2.75, 3.05) is 0 Å². The molecule has 0 aliphatic carbocycles. The molecule has 0 atom stereocenters. The van der Waals surface area contributed by atoms with E-state index in [4.69, 9.17) is 112 Å². The van der Waals surface area contributed by atoms with Gasteiger partial charge in [0.1, 0.15) is 7.85 Å². The van der Waals surface area contributed by atoms with Crippen LogP contribution < -0.4 is 21.9 Å². The van der Waals surface area contributed by atoms with E-state index in [9.17, 15) is 0 Å². The van der Waals surface area contributed by atoms with Crippen molar-refractivity contribution in [3.05, 3.63) is 111 Å². The molecule has 0 nitrogen and oxygen atoms in total. The summed E-state index contributed by atoms with van der Waals surface area (Å²) >= 11 is 0. The Balaban J connectivity index is 2.03. The molecule has 0 aromatic heterocycles. The number of fused-ring (bicyclic) bond motifs is 6. The second kappa shape index (κ2) is 35.1.